The maximum Gasteiger partial charge on any atom is 0.144 e. The van der Waals surface area contributed by atoms with E-state index in [1.54, 1.807) is 0 Å². The molecule has 2 nitrogen and oxygen atoms in total. The molecule has 2 heteroatoms. The highest BCUT2D eigenvalue weighted by Gasteiger charge is 2.23. The number of furan rings is 1. The summed E-state index contributed by atoms with van der Waals surface area (Å²) in [4.78, 5) is 0. The molecule has 0 bridgehead atoms. The Labute approximate surface area is 284 Å². The molecule has 0 amide bonds. The van der Waals surface area contributed by atoms with Gasteiger partial charge in [-0.1, -0.05) is 140 Å². The van der Waals surface area contributed by atoms with Gasteiger partial charge in [0.2, 0.25) is 0 Å². The second kappa shape index (κ2) is 10.7. The molecule has 49 heavy (non-hydrogen) atoms. The van der Waals surface area contributed by atoms with Gasteiger partial charge < -0.3 is 8.98 Å². The van der Waals surface area contributed by atoms with Crippen molar-refractivity contribution in [1.29, 1.82) is 0 Å². The summed E-state index contributed by atoms with van der Waals surface area (Å²) in [5.41, 5.74) is 11.5. The zero-order valence-electron chi connectivity index (χ0n) is 27.4. The first-order valence-corrected chi connectivity index (χ1v) is 17.1. The van der Waals surface area contributed by atoms with Crippen LogP contribution in [-0.2, 0) is 0 Å². The summed E-state index contributed by atoms with van der Waals surface area (Å²) in [7, 11) is 0. The third kappa shape index (κ3) is 4.14. The summed E-state index contributed by atoms with van der Waals surface area (Å²) < 4.78 is 9.36. The van der Waals surface area contributed by atoms with Crippen molar-refractivity contribution in [3.05, 3.63) is 158 Å². The molecule has 2 heterocycles. The minimum atomic E-state index is 0.319. The topological polar surface area (TPSA) is 18.1 Å². The molecule has 0 saturated carbocycles. The summed E-state index contributed by atoms with van der Waals surface area (Å²) in [6.45, 7) is 4.54. The molecule has 232 valence electrons. The van der Waals surface area contributed by atoms with Gasteiger partial charge in [-0.3, -0.25) is 0 Å². The van der Waals surface area contributed by atoms with E-state index in [2.05, 4.69) is 176 Å². The summed E-state index contributed by atoms with van der Waals surface area (Å²) in [5, 5.41) is 9.79. The van der Waals surface area contributed by atoms with Gasteiger partial charge in [-0.25, -0.2) is 0 Å². The van der Waals surface area contributed by atoms with Crippen LogP contribution in [-0.4, -0.2) is 4.57 Å². The first-order chi connectivity index (χ1) is 24.2. The summed E-state index contributed by atoms with van der Waals surface area (Å²) in [6.07, 6.45) is 0. The highest BCUT2D eigenvalue weighted by molar-refractivity contribution is 6.27. The van der Waals surface area contributed by atoms with E-state index >= 15 is 0 Å². The SMILES string of the molecule is CC(C)n1c2ccccc2c2ccc(-c3c4ccccc4c(-c4ccc(-c5cccc6ccccc56)cc4)c4c3oc3ccccc34)cc21. The van der Waals surface area contributed by atoms with Gasteiger partial charge in [0.15, 0.2) is 0 Å². The molecule has 0 radical (unpaired) electrons. The number of hydrogen-bond donors (Lipinski definition) is 0. The van der Waals surface area contributed by atoms with E-state index in [9.17, 15) is 0 Å². The van der Waals surface area contributed by atoms with Crippen LogP contribution >= 0.6 is 0 Å². The van der Waals surface area contributed by atoms with Gasteiger partial charge in [0, 0.05) is 49.7 Å². The predicted molar refractivity (Wildman–Crippen MR) is 208 cm³/mol. The van der Waals surface area contributed by atoms with E-state index < -0.39 is 0 Å². The van der Waals surface area contributed by atoms with Crippen LogP contribution in [0.3, 0.4) is 0 Å². The largest absolute Gasteiger partial charge is 0.455 e. The lowest BCUT2D eigenvalue weighted by Crippen LogP contribution is -1.99. The van der Waals surface area contributed by atoms with Gasteiger partial charge in [-0.05, 0) is 75.8 Å². The Morgan fingerprint density at radius 2 is 1.04 bits per heavy atom. The van der Waals surface area contributed by atoms with Gasteiger partial charge >= 0.3 is 0 Å². The summed E-state index contributed by atoms with van der Waals surface area (Å²) >= 11 is 0. The van der Waals surface area contributed by atoms with Crippen molar-refractivity contribution < 1.29 is 4.42 Å². The Hall–Kier alpha value is -6.12. The minimum Gasteiger partial charge on any atom is -0.455 e. The Morgan fingerprint density at radius 1 is 0.449 bits per heavy atom. The fourth-order valence-corrected chi connectivity index (χ4v) is 8.24. The van der Waals surface area contributed by atoms with Crippen molar-refractivity contribution >= 4 is 65.3 Å². The fourth-order valence-electron chi connectivity index (χ4n) is 8.24. The maximum atomic E-state index is 6.89. The van der Waals surface area contributed by atoms with Gasteiger partial charge in [-0.2, -0.15) is 0 Å². The number of rotatable bonds is 4. The van der Waals surface area contributed by atoms with E-state index in [1.165, 1.54) is 65.6 Å². The quantitative estimate of drug-likeness (QED) is 0.190. The molecular weight excluding hydrogens is 595 g/mol. The lowest BCUT2D eigenvalue weighted by Gasteiger charge is -2.16. The van der Waals surface area contributed by atoms with Crippen LogP contribution < -0.4 is 0 Å². The molecule has 2 aromatic heterocycles. The Morgan fingerprint density at radius 3 is 1.84 bits per heavy atom. The number of aromatic nitrogens is 1. The van der Waals surface area contributed by atoms with Gasteiger partial charge in [0.05, 0.1) is 0 Å². The number of nitrogens with zero attached hydrogens (tertiary/aromatic N) is 1. The van der Waals surface area contributed by atoms with E-state index in [0.717, 1.165) is 33.1 Å². The molecule has 0 aliphatic carbocycles. The molecule has 0 spiro atoms. The molecule has 0 fully saturated rings. The van der Waals surface area contributed by atoms with Crippen molar-refractivity contribution in [2.24, 2.45) is 0 Å². The van der Waals surface area contributed by atoms with E-state index in [-0.39, 0.29) is 0 Å². The van der Waals surface area contributed by atoms with Crippen molar-refractivity contribution in [3.8, 4) is 33.4 Å². The monoisotopic (exact) mass is 627 g/mol. The van der Waals surface area contributed by atoms with Crippen molar-refractivity contribution in [3.63, 3.8) is 0 Å². The molecule has 0 N–H and O–H groups in total. The van der Waals surface area contributed by atoms with Crippen molar-refractivity contribution in [2.45, 2.75) is 19.9 Å². The van der Waals surface area contributed by atoms with Gasteiger partial charge in [0.25, 0.3) is 0 Å². The Balaban J connectivity index is 1.26. The molecule has 0 aliphatic heterocycles. The van der Waals surface area contributed by atoms with Crippen LogP contribution in [0.4, 0.5) is 0 Å². The van der Waals surface area contributed by atoms with Crippen LogP contribution in [0.1, 0.15) is 19.9 Å². The molecular formula is C47H33NO. The lowest BCUT2D eigenvalue weighted by molar-refractivity contribution is 0.642. The Kier molecular flexibility index (Phi) is 6.10. The van der Waals surface area contributed by atoms with E-state index in [4.69, 9.17) is 4.42 Å². The molecule has 8 aromatic carbocycles. The van der Waals surface area contributed by atoms with Crippen LogP contribution in [0.2, 0.25) is 0 Å². The third-order valence-corrected chi connectivity index (χ3v) is 10.3. The zero-order valence-corrected chi connectivity index (χ0v) is 27.4. The van der Waals surface area contributed by atoms with Crippen LogP contribution in [0.15, 0.2) is 162 Å². The smallest absolute Gasteiger partial charge is 0.144 e. The highest BCUT2D eigenvalue weighted by Crippen LogP contribution is 2.48. The van der Waals surface area contributed by atoms with Crippen molar-refractivity contribution in [2.75, 3.05) is 0 Å². The average Bonchev–Trinajstić information content (AvgIpc) is 3.69. The van der Waals surface area contributed by atoms with Crippen LogP contribution in [0.25, 0.3) is 98.7 Å². The molecule has 0 unspecified atom stereocenters. The fraction of sp³-hybridized carbons (Fsp3) is 0.0638. The summed E-state index contributed by atoms with van der Waals surface area (Å²) in [5.74, 6) is 0. The standard InChI is InChI=1S/C47H33NO/c1-29(2)48-41-20-9-7-15-36(41)37-27-26-33(28-42(37)48)45-39-17-6-5-16-38(39)44(46-40-18-8-10-21-43(40)49-47(45)46)32-24-22-31(23-25-32)35-19-11-13-30-12-3-4-14-34(30)35/h3-29H,1-2H3. The molecule has 0 aliphatic rings. The second-order valence-corrected chi connectivity index (χ2v) is 13.4. The predicted octanol–water partition coefficient (Wildman–Crippen LogP) is 13.6. The lowest BCUT2D eigenvalue weighted by atomic mass is 9.87. The average molecular weight is 628 g/mol. The van der Waals surface area contributed by atoms with Gasteiger partial charge in [0.1, 0.15) is 11.2 Å². The number of hydrogen-bond acceptors (Lipinski definition) is 1. The number of benzene rings is 8. The summed E-state index contributed by atoms with van der Waals surface area (Å²) in [6, 6.07) is 57.6. The van der Waals surface area contributed by atoms with Crippen LogP contribution in [0, 0.1) is 0 Å². The first-order valence-electron chi connectivity index (χ1n) is 17.1. The zero-order chi connectivity index (χ0) is 32.6. The maximum absolute atomic E-state index is 6.89. The van der Waals surface area contributed by atoms with Crippen molar-refractivity contribution in [1.82, 2.24) is 4.57 Å². The molecule has 0 atom stereocenters. The Bertz CT molecular complexity index is 2900. The number of para-hydroxylation sites is 2. The molecule has 10 aromatic rings. The normalized spacial score (nSPS) is 12.1. The minimum absolute atomic E-state index is 0.319. The van der Waals surface area contributed by atoms with Crippen LogP contribution in [0.5, 0.6) is 0 Å². The highest BCUT2D eigenvalue weighted by atomic mass is 16.3. The number of fused-ring (bicyclic) bond motifs is 8. The molecule has 0 saturated heterocycles. The van der Waals surface area contributed by atoms with E-state index in [1.807, 2.05) is 0 Å². The molecule has 10 rings (SSSR count). The third-order valence-electron chi connectivity index (χ3n) is 10.3. The van der Waals surface area contributed by atoms with Gasteiger partial charge in [-0.15, -0.1) is 0 Å². The van der Waals surface area contributed by atoms with E-state index in [0.29, 0.717) is 6.04 Å². The first kappa shape index (κ1) is 27.9. The second-order valence-electron chi connectivity index (χ2n) is 13.4.